The molecule has 0 radical (unpaired) electrons. The van der Waals surface area contributed by atoms with Gasteiger partial charge >= 0.3 is 0 Å². The van der Waals surface area contributed by atoms with E-state index in [9.17, 15) is 13.7 Å². The van der Waals surface area contributed by atoms with Gasteiger partial charge in [0.1, 0.15) is 10.3 Å². The number of benzene rings is 1. The van der Waals surface area contributed by atoms with Gasteiger partial charge in [-0.05, 0) is 37.3 Å². The molecule has 2 heterocycles. The van der Waals surface area contributed by atoms with Crippen molar-refractivity contribution in [3.8, 4) is 6.07 Å². The molecule has 9 heteroatoms. The molecule has 0 aliphatic carbocycles. The number of hydrogen-bond acceptors (Lipinski definition) is 6. The standard InChI is InChI=1S/C17H15ClN4O2S2/c1-11-2-5-16(25-11)26(23,24)22-7-6-20-17-12(9-19)10-21-15-4-3-13(18)8-14(15)17/h2-5,8,10,22H,6-7H2,1H3,(H,20,21). The minimum Gasteiger partial charge on any atom is -0.382 e. The van der Waals surface area contributed by atoms with Crippen molar-refractivity contribution in [2.75, 3.05) is 18.4 Å². The van der Waals surface area contributed by atoms with Crippen LogP contribution in [0.4, 0.5) is 5.69 Å². The monoisotopic (exact) mass is 406 g/mol. The van der Waals surface area contributed by atoms with Crippen molar-refractivity contribution in [3.05, 3.63) is 52.0 Å². The van der Waals surface area contributed by atoms with Crippen LogP contribution >= 0.6 is 22.9 Å². The van der Waals surface area contributed by atoms with Gasteiger partial charge in [-0.1, -0.05) is 11.6 Å². The smallest absolute Gasteiger partial charge is 0.250 e. The molecule has 1 aromatic carbocycles. The molecule has 0 spiro atoms. The topological polar surface area (TPSA) is 94.9 Å². The largest absolute Gasteiger partial charge is 0.382 e. The molecular formula is C17H15ClN4O2S2. The van der Waals surface area contributed by atoms with Crippen molar-refractivity contribution >= 4 is 49.6 Å². The number of nitriles is 1. The zero-order valence-electron chi connectivity index (χ0n) is 13.8. The molecule has 2 N–H and O–H groups in total. The summed E-state index contributed by atoms with van der Waals surface area (Å²) < 4.78 is 27.3. The predicted octanol–water partition coefficient (Wildman–Crippen LogP) is 3.52. The fourth-order valence-corrected chi connectivity index (χ4v) is 4.97. The lowest BCUT2D eigenvalue weighted by Gasteiger charge is -2.12. The van der Waals surface area contributed by atoms with Gasteiger partial charge < -0.3 is 5.32 Å². The average Bonchev–Trinajstić information content (AvgIpc) is 3.06. The number of pyridine rings is 1. The van der Waals surface area contributed by atoms with Crippen molar-refractivity contribution in [1.82, 2.24) is 9.71 Å². The first-order chi connectivity index (χ1) is 12.4. The van der Waals surface area contributed by atoms with Crippen LogP contribution in [0.25, 0.3) is 10.9 Å². The Balaban J connectivity index is 1.74. The van der Waals surface area contributed by atoms with Crippen LogP contribution in [0.3, 0.4) is 0 Å². The summed E-state index contributed by atoms with van der Waals surface area (Å²) in [6, 6.07) is 10.7. The van der Waals surface area contributed by atoms with Gasteiger partial charge in [0.05, 0.1) is 16.8 Å². The third-order valence-electron chi connectivity index (χ3n) is 3.65. The average molecular weight is 407 g/mol. The van der Waals surface area contributed by atoms with E-state index in [0.717, 1.165) is 4.88 Å². The molecule has 134 valence electrons. The molecule has 0 atom stereocenters. The zero-order chi connectivity index (χ0) is 18.7. The summed E-state index contributed by atoms with van der Waals surface area (Å²) in [5.74, 6) is 0. The minimum absolute atomic E-state index is 0.175. The van der Waals surface area contributed by atoms with Gasteiger partial charge in [0.2, 0.25) is 10.0 Å². The van der Waals surface area contributed by atoms with E-state index in [4.69, 9.17) is 11.6 Å². The second-order valence-corrected chi connectivity index (χ2v) is 9.23. The van der Waals surface area contributed by atoms with Crippen molar-refractivity contribution in [2.45, 2.75) is 11.1 Å². The third-order valence-corrected chi connectivity index (χ3v) is 6.84. The minimum atomic E-state index is -3.53. The predicted molar refractivity (Wildman–Crippen MR) is 104 cm³/mol. The van der Waals surface area contributed by atoms with E-state index in [1.165, 1.54) is 17.5 Å². The molecule has 0 bridgehead atoms. The lowest BCUT2D eigenvalue weighted by molar-refractivity contribution is 0.585. The number of nitrogens with zero attached hydrogens (tertiary/aromatic N) is 2. The molecule has 3 rings (SSSR count). The molecule has 26 heavy (non-hydrogen) atoms. The Kier molecular flexibility index (Phi) is 5.44. The fourth-order valence-electron chi connectivity index (χ4n) is 2.44. The molecule has 3 aromatic rings. The van der Waals surface area contributed by atoms with Crippen LogP contribution in [0.15, 0.2) is 40.7 Å². The first-order valence-corrected chi connectivity index (χ1v) is 10.4. The summed E-state index contributed by atoms with van der Waals surface area (Å²) in [5.41, 5.74) is 1.66. The number of fused-ring (bicyclic) bond motifs is 1. The van der Waals surface area contributed by atoms with Crippen LogP contribution in [0.5, 0.6) is 0 Å². The first-order valence-electron chi connectivity index (χ1n) is 7.69. The van der Waals surface area contributed by atoms with Gasteiger partial charge in [0.15, 0.2) is 0 Å². The zero-order valence-corrected chi connectivity index (χ0v) is 16.2. The quantitative estimate of drug-likeness (QED) is 0.610. The molecule has 0 saturated heterocycles. The highest BCUT2D eigenvalue weighted by Gasteiger charge is 2.15. The van der Waals surface area contributed by atoms with E-state index >= 15 is 0 Å². The molecule has 0 fully saturated rings. The van der Waals surface area contributed by atoms with Gasteiger partial charge in [0.25, 0.3) is 0 Å². The normalized spacial score (nSPS) is 11.4. The number of nitrogens with one attached hydrogen (secondary N) is 2. The Labute approximate surface area is 160 Å². The molecule has 0 saturated carbocycles. The molecule has 0 aliphatic heterocycles. The molecule has 2 aromatic heterocycles. The van der Waals surface area contributed by atoms with E-state index < -0.39 is 10.0 Å². The van der Waals surface area contributed by atoms with Crippen molar-refractivity contribution in [2.24, 2.45) is 0 Å². The number of aryl methyl sites for hydroxylation is 1. The SMILES string of the molecule is Cc1ccc(S(=O)(=O)NCCNc2c(C#N)cnc3ccc(Cl)cc23)s1. The van der Waals surface area contributed by atoms with Gasteiger partial charge in [-0.3, -0.25) is 4.98 Å². The van der Waals surface area contributed by atoms with Crippen LogP contribution in [-0.4, -0.2) is 26.5 Å². The maximum absolute atomic E-state index is 12.2. The van der Waals surface area contributed by atoms with Gasteiger partial charge in [-0.25, -0.2) is 13.1 Å². The Morgan fingerprint density at radius 1 is 1.27 bits per heavy atom. The third kappa shape index (κ3) is 3.97. The lowest BCUT2D eigenvalue weighted by Crippen LogP contribution is -2.28. The van der Waals surface area contributed by atoms with E-state index in [2.05, 4.69) is 21.1 Å². The van der Waals surface area contributed by atoms with Gasteiger partial charge in [-0.2, -0.15) is 5.26 Å². The van der Waals surface area contributed by atoms with Crippen molar-refractivity contribution < 1.29 is 8.42 Å². The highest BCUT2D eigenvalue weighted by atomic mass is 35.5. The molecule has 0 amide bonds. The van der Waals surface area contributed by atoms with Gasteiger partial charge in [-0.15, -0.1) is 11.3 Å². The van der Waals surface area contributed by atoms with E-state index in [-0.39, 0.29) is 10.8 Å². The summed E-state index contributed by atoms with van der Waals surface area (Å²) in [5, 5.41) is 13.7. The molecule has 0 aliphatic rings. The second-order valence-electron chi connectivity index (χ2n) is 5.51. The Hall–Kier alpha value is -2.18. The fraction of sp³-hybridized carbons (Fsp3) is 0.176. The summed E-state index contributed by atoms with van der Waals surface area (Å²) in [4.78, 5) is 5.16. The van der Waals surface area contributed by atoms with Gasteiger partial charge in [0, 0.05) is 34.6 Å². The summed E-state index contributed by atoms with van der Waals surface area (Å²) in [7, 11) is -3.53. The van der Waals surface area contributed by atoms with Crippen molar-refractivity contribution in [3.63, 3.8) is 0 Å². The van der Waals surface area contributed by atoms with Crippen LogP contribution in [0.1, 0.15) is 10.4 Å². The number of thiophene rings is 1. The van der Waals surface area contributed by atoms with E-state index in [0.29, 0.717) is 33.7 Å². The number of rotatable bonds is 6. The first kappa shape index (κ1) is 18.6. The Morgan fingerprint density at radius 3 is 2.77 bits per heavy atom. The van der Waals surface area contributed by atoms with Crippen molar-refractivity contribution in [1.29, 1.82) is 5.26 Å². The molecule has 0 unspecified atom stereocenters. The second kappa shape index (κ2) is 7.60. The maximum atomic E-state index is 12.2. The maximum Gasteiger partial charge on any atom is 0.250 e. The van der Waals surface area contributed by atoms with Crippen LogP contribution in [0.2, 0.25) is 5.02 Å². The Morgan fingerprint density at radius 2 is 2.08 bits per heavy atom. The number of halogens is 1. The highest BCUT2D eigenvalue weighted by molar-refractivity contribution is 7.91. The van der Waals surface area contributed by atoms with Crippen LogP contribution < -0.4 is 10.0 Å². The summed E-state index contributed by atoms with van der Waals surface area (Å²) in [6.45, 7) is 2.34. The number of hydrogen-bond donors (Lipinski definition) is 2. The molecule has 6 nitrogen and oxygen atoms in total. The summed E-state index contributed by atoms with van der Waals surface area (Å²) in [6.07, 6.45) is 1.48. The van der Waals surface area contributed by atoms with E-state index in [1.807, 2.05) is 6.92 Å². The van der Waals surface area contributed by atoms with E-state index in [1.54, 1.807) is 30.3 Å². The Bertz CT molecular complexity index is 1100. The summed E-state index contributed by atoms with van der Waals surface area (Å²) >= 11 is 7.27. The number of aromatic nitrogens is 1. The number of sulfonamides is 1. The molecular weight excluding hydrogens is 392 g/mol. The van der Waals surface area contributed by atoms with Crippen LogP contribution in [0, 0.1) is 18.3 Å². The highest BCUT2D eigenvalue weighted by Crippen LogP contribution is 2.28. The van der Waals surface area contributed by atoms with Crippen LogP contribution in [-0.2, 0) is 10.0 Å². The number of anilines is 1. The lowest BCUT2D eigenvalue weighted by atomic mass is 10.1.